The summed E-state index contributed by atoms with van der Waals surface area (Å²) in [4.78, 5) is 0. The first-order chi connectivity index (χ1) is 6.81. The highest BCUT2D eigenvalue weighted by molar-refractivity contribution is 6.28. The first kappa shape index (κ1) is 9.58. The van der Waals surface area contributed by atoms with E-state index in [9.17, 15) is 0 Å². The largest absolute Gasteiger partial charge is 0.496 e. The number of hydrazine groups is 1. The van der Waals surface area contributed by atoms with Gasteiger partial charge in [0.1, 0.15) is 17.6 Å². The van der Waals surface area contributed by atoms with E-state index in [-0.39, 0.29) is 6.04 Å². The molecule has 1 aliphatic heterocycles. The number of halogens is 1. The standard InChI is InChI=1S/C9H11ClN2O2/c10-8-4-3-7(14-8)9(12-11)6-2-1-5-13-6/h2-4,9,12H,1,5,11H2. The molecule has 1 aromatic rings. The molecular formula is C9H11ClN2O2. The monoisotopic (exact) mass is 214 g/mol. The molecule has 76 valence electrons. The average Bonchev–Trinajstić information content (AvgIpc) is 2.79. The molecule has 0 spiro atoms. The smallest absolute Gasteiger partial charge is 0.193 e. The molecule has 1 unspecified atom stereocenters. The number of hydrogen-bond donors (Lipinski definition) is 2. The summed E-state index contributed by atoms with van der Waals surface area (Å²) in [7, 11) is 0. The van der Waals surface area contributed by atoms with E-state index in [0.29, 0.717) is 17.6 Å². The number of furan rings is 1. The molecule has 0 saturated carbocycles. The van der Waals surface area contributed by atoms with E-state index in [0.717, 1.165) is 12.2 Å². The van der Waals surface area contributed by atoms with Crippen molar-refractivity contribution in [3.8, 4) is 0 Å². The van der Waals surface area contributed by atoms with Crippen molar-refractivity contribution in [3.63, 3.8) is 0 Å². The maximum atomic E-state index is 5.67. The van der Waals surface area contributed by atoms with E-state index in [2.05, 4.69) is 5.43 Å². The van der Waals surface area contributed by atoms with Crippen molar-refractivity contribution >= 4 is 11.6 Å². The zero-order valence-corrected chi connectivity index (χ0v) is 8.25. The third-order valence-electron chi connectivity index (χ3n) is 2.06. The highest BCUT2D eigenvalue weighted by atomic mass is 35.5. The molecule has 2 heterocycles. The van der Waals surface area contributed by atoms with Crippen molar-refractivity contribution in [2.24, 2.45) is 5.84 Å². The number of hydrogen-bond acceptors (Lipinski definition) is 4. The second-order valence-corrected chi connectivity index (χ2v) is 3.36. The summed E-state index contributed by atoms with van der Waals surface area (Å²) < 4.78 is 10.6. The molecule has 1 aromatic heterocycles. The fraction of sp³-hybridized carbons (Fsp3) is 0.333. The highest BCUT2D eigenvalue weighted by Gasteiger charge is 2.22. The van der Waals surface area contributed by atoms with E-state index in [1.807, 2.05) is 6.08 Å². The van der Waals surface area contributed by atoms with E-state index < -0.39 is 0 Å². The highest BCUT2D eigenvalue weighted by Crippen LogP contribution is 2.28. The van der Waals surface area contributed by atoms with E-state index >= 15 is 0 Å². The molecule has 0 saturated heterocycles. The molecule has 0 aliphatic carbocycles. The van der Waals surface area contributed by atoms with Crippen LogP contribution in [0.25, 0.3) is 0 Å². The Morgan fingerprint density at radius 3 is 2.86 bits per heavy atom. The predicted octanol–water partition coefficient (Wildman–Crippen LogP) is 1.74. The first-order valence-electron chi connectivity index (χ1n) is 4.35. The van der Waals surface area contributed by atoms with Gasteiger partial charge in [-0.05, 0) is 29.8 Å². The lowest BCUT2D eigenvalue weighted by Gasteiger charge is -2.14. The molecule has 0 fully saturated rings. The van der Waals surface area contributed by atoms with Gasteiger partial charge in [-0.15, -0.1) is 0 Å². The maximum absolute atomic E-state index is 5.67. The van der Waals surface area contributed by atoms with E-state index in [4.69, 9.17) is 26.6 Å². The Bertz CT molecular complexity index is 348. The number of ether oxygens (including phenoxy) is 1. The fourth-order valence-corrected chi connectivity index (χ4v) is 1.58. The van der Waals surface area contributed by atoms with Gasteiger partial charge < -0.3 is 9.15 Å². The molecule has 5 heteroatoms. The van der Waals surface area contributed by atoms with Gasteiger partial charge >= 0.3 is 0 Å². The number of nitrogens with one attached hydrogen (secondary N) is 1. The van der Waals surface area contributed by atoms with Gasteiger partial charge in [-0.3, -0.25) is 5.84 Å². The SMILES string of the molecule is NNC(C1=CCCO1)c1ccc(Cl)o1. The number of nitrogens with two attached hydrogens (primary N) is 1. The van der Waals surface area contributed by atoms with Crippen LogP contribution in [-0.4, -0.2) is 6.61 Å². The van der Waals surface area contributed by atoms with Crippen LogP contribution in [0.3, 0.4) is 0 Å². The predicted molar refractivity (Wildman–Crippen MR) is 52.4 cm³/mol. The normalized spacial score (nSPS) is 17.7. The Labute approximate surface area is 86.6 Å². The lowest BCUT2D eigenvalue weighted by Crippen LogP contribution is -2.29. The van der Waals surface area contributed by atoms with Crippen molar-refractivity contribution in [3.05, 3.63) is 34.9 Å². The van der Waals surface area contributed by atoms with E-state index in [1.165, 1.54) is 0 Å². The van der Waals surface area contributed by atoms with Crippen LogP contribution in [0.2, 0.25) is 5.22 Å². The van der Waals surface area contributed by atoms with Gasteiger partial charge in [0, 0.05) is 6.42 Å². The number of rotatable bonds is 3. The summed E-state index contributed by atoms with van der Waals surface area (Å²) in [6.45, 7) is 0.696. The molecule has 1 atom stereocenters. The molecule has 0 aromatic carbocycles. The second kappa shape index (κ2) is 4.04. The molecule has 1 aliphatic rings. The minimum atomic E-state index is -0.245. The van der Waals surface area contributed by atoms with Crippen molar-refractivity contribution in [1.82, 2.24) is 5.43 Å². The zero-order chi connectivity index (χ0) is 9.97. The zero-order valence-electron chi connectivity index (χ0n) is 7.50. The van der Waals surface area contributed by atoms with Crippen LogP contribution >= 0.6 is 11.6 Å². The Hall–Kier alpha value is -0.970. The van der Waals surface area contributed by atoms with Gasteiger partial charge in [0.05, 0.1) is 6.61 Å². The van der Waals surface area contributed by atoms with Gasteiger partial charge in [0.25, 0.3) is 0 Å². The Morgan fingerprint density at radius 2 is 2.36 bits per heavy atom. The molecule has 0 radical (unpaired) electrons. The fourth-order valence-electron chi connectivity index (χ4n) is 1.43. The molecule has 14 heavy (non-hydrogen) atoms. The third-order valence-corrected chi connectivity index (χ3v) is 2.26. The molecular weight excluding hydrogens is 204 g/mol. The van der Waals surface area contributed by atoms with Crippen molar-refractivity contribution in [2.75, 3.05) is 6.61 Å². The van der Waals surface area contributed by atoms with Crippen LogP contribution in [0.1, 0.15) is 18.2 Å². The van der Waals surface area contributed by atoms with Crippen LogP contribution in [-0.2, 0) is 4.74 Å². The molecule has 2 rings (SSSR count). The summed E-state index contributed by atoms with van der Waals surface area (Å²) in [5.41, 5.74) is 2.63. The quantitative estimate of drug-likeness (QED) is 0.595. The second-order valence-electron chi connectivity index (χ2n) is 2.99. The summed E-state index contributed by atoms with van der Waals surface area (Å²) in [6.07, 6.45) is 2.89. The lowest BCUT2D eigenvalue weighted by atomic mass is 10.2. The Morgan fingerprint density at radius 1 is 1.50 bits per heavy atom. The van der Waals surface area contributed by atoms with Crippen LogP contribution < -0.4 is 11.3 Å². The minimum Gasteiger partial charge on any atom is -0.496 e. The summed E-state index contributed by atoms with van der Waals surface area (Å²) in [5.74, 6) is 6.87. The Kier molecular flexibility index (Phi) is 2.77. The van der Waals surface area contributed by atoms with Gasteiger partial charge in [-0.2, -0.15) is 0 Å². The van der Waals surface area contributed by atoms with Crippen molar-refractivity contribution in [2.45, 2.75) is 12.5 Å². The van der Waals surface area contributed by atoms with Gasteiger partial charge in [-0.1, -0.05) is 0 Å². The van der Waals surface area contributed by atoms with Crippen LogP contribution in [0.15, 0.2) is 28.4 Å². The van der Waals surface area contributed by atoms with Gasteiger partial charge in [0.2, 0.25) is 0 Å². The minimum absolute atomic E-state index is 0.245. The third kappa shape index (κ3) is 1.77. The molecule has 4 nitrogen and oxygen atoms in total. The molecule has 0 amide bonds. The van der Waals surface area contributed by atoms with Crippen LogP contribution in [0.4, 0.5) is 0 Å². The molecule has 0 bridgehead atoms. The van der Waals surface area contributed by atoms with Crippen molar-refractivity contribution in [1.29, 1.82) is 0 Å². The summed E-state index contributed by atoms with van der Waals surface area (Å²) in [6, 6.07) is 3.21. The van der Waals surface area contributed by atoms with Crippen molar-refractivity contribution < 1.29 is 9.15 Å². The Balaban J connectivity index is 2.20. The van der Waals surface area contributed by atoms with Gasteiger partial charge in [-0.25, -0.2) is 5.43 Å². The van der Waals surface area contributed by atoms with E-state index in [1.54, 1.807) is 12.1 Å². The maximum Gasteiger partial charge on any atom is 0.193 e. The first-order valence-corrected chi connectivity index (χ1v) is 4.73. The average molecular weight is 215 g/mol. The summed E-state index contributed by atoms with van der Waals surface area (Å²) >= 11 is 5.67. The van der Waals surface area contributed by atoms with Crippen LogP contribution in [0, 0.1) is 0 Å². The van der Waals surface area contributed by atoms with Crippen LogP contribution in [0.5, 0.6) is 0 Å². The topological polar surface area (TPSA) is 60.4 Å². The lowest BCUT2D eigenvalue weighted by molar-refractivity contribution is 0.208. The summed E-state index contributed by atoms with van der Waals surface area (Å²) in [5, 5.41) is 0.346. The van der Waals surface area contributed by atoms with Gasteiger partial charge in [0.15, 0.2) is 5.22 Å². The molecule has 3 N–H and O–H groups in total.